The van der Waals surface area contributed by atoms with E-state index < -0.39 is 11.9 Å². The van der Waals surface area contributed by atoms with Crippen molar-refractivity contribution in [3.63, 3.8) is 0 Å². The van der Waals surface area contributed by atoms with Gasteiger partial charge in [-0.2, -0.15) is 0 Å². The van der Waals surface area contributed by atoms with Crippen molar-refractivity contribution in [3.8, 4) is 0 Å². The highest BCUT2D eigenvalue weighted by molar-refractivity contribution is 6.33. The van der Waals surface area contributed by atoms with Gasteiger partial charge < -0.3 is 10.2 Å². The van der Waals surface area contributed by atoms with Crippen LogP contribution in [0.4, 0.5) is 10.1 Å². The predicted octanol–water partition coefficient (Wildman–Crippen LogP) is 4.29. The van der Waals surface area contributed by atoms with E-state index in [0.29, 0.717) is 22.8 Å². The zero-order valence-corrected chi connectivity index (χ0v) is 15.8. The van der Waals surface area contributed by atoms with Gasteiger partial charge in [-0.25, -0.2) is 4.39 Å². The minimum Gasteiger partial charge on any atom is -0.340 e. The Morgan fingerprint density at radius 2 is 1.73 bits per heavy atom. The summed E-state index contributed by atoms with van der Waals surface area (Å²) in [5.74, 6) is -1.17. The van der Waals surface area contributed by atoms with Gasteiger partial charge in [-0.15, -0.1) is 0 Å². The fraction of sp³-hybridized carbons (Fsp3) is 0.300. The normalized spacial score (nSPS) is 11.9. The summed E-state index contributed by atoms with van der Waals surface area (Å²) in [6.45, 7) is 5.94. The Hall–Kier alpha value is -2.40. The maximum absolute atomic E-state index is 13.2. The molecule has 0 fully saturated rings. The summed E-state index contributed by atoms with van der Waals surface area (Å²) in [7, 11) is 0. The van der Waals surface area contributed by atoms with Crippen LogP contribution in [0.3, 0.4) is 0 Å². The molecule has 0 aliphatic heterocycles. The molecule has 4 nitrogen and oxygen atoms in total. The number of carbonyl (C=O) groups is 2. The van der Waals surface area contributed by atoms with Crippen molar-refractivity contribution in [2.45, 2.75) is 26.8 Å². The Kier molecular flexibility index (Phi) is 6.75. The highest BCUT2D eigenvalue weighted by atomic mass is 35.5. The standard InChI is InChI=1S/C20H22ClFN2O2/c1-4-24(15-11-9-14(22)10-12-15)20(26)18(13(2)3)23-19(25)16-7-5-6-8-17(16)21/h5-13,18H,4H2,1-3H3,(H,23,25). The molecule has 0 aliphatic rings. The second-order valence-electron chi connectivity index (χ2n) is 6.23. The first-order chi connectivity index (χ1) is 12.3. The number of amides is 2. The first-order valence-corrected chi connectivity index (χ1v) is 8.85. The Bertz CT molecular complexity index is 778. The number of nitrogens with one attached hydrogen (secondary N) is 1. The van der Waals surface area contributed by atoms with Gasteiger partial charge in [0.25, 0.3) is 5.91 Å². The number of likely N-dealkylation sites (N-methyl/N-ethyl adjacent to an activating group) is 1. The third-order valence-corrected chi connectivity index (χ3v) is 4.39. The lowest BCUT2D eigenvalue weighted by Gasteiger charge is -2.29. The van der Waals surface area contributed by atoms with E-state index in [9.17, 15) is 14.0 Å². The van der Waals surface area contributed by atoms with Gasteiger partial charge in [0, 0.05) is 12.2 Å². The summed E-state index contributed by atoms with van der Waals surface area (Å²) in [6.07, 6.45) is 0. The van der Waals surface area contributed by atoms with Crippen LogP contribution < -0.4 is 10.2 Å². The van der Waals surface area contributed by atoms with Crippen LogP contribution in [0.25, 0.3) is 0 Å². The molecule has 2 aromatic rings. The lowest BCUT2D eigenvalue weighted by molar-refractivity contribution is -0.121. The summed E-state index contributed by atoms with van der Waals surface area (Å²) < 4.78 is 13.2. The molecule has 2 aromatic carbocycles. The molecule has 1 unspecified atom stereocenters. The number of benzene rings is 2. The lowest BCUT2D eigenvalue weighted by Crippen LogP contribution is -2.51. The summed E-state index contributed by atoms with van der Waals surface area (Å²) >= 11 is 6.07. The van der Waals surface area contributed by atoms with Crippen molar-refractivity contribution in [3.05, 3.63) is 64.9 Å². The molecule has 0 aliphatic carbocycles. The van der Waals surface area contributed by atoms with E-state index in [1.54, 1.807) is 36.4 Å². The molecule has 0 radical (unpaired) electrons. The van der Waals surface area contributed by atoms with E-state index in [1.165, 1.54) is 17.0 Å². The molecular formula is C20H22ClFN2O2. The van der Waals surface area contributed by atoms with Gasteiger partial charge >= 0.3 is 0 Å². The molecule has 2 amide bonds. The lowest BCUT2D eigenvalue weighted by atomic mass is 10.0. The van der Waals surface area contributed by atoms with Crippen LogP contribution in [-0.2, 0) is 4.79 Å². The number of nitrogens with zero attached hydrogens (tertiary/aromatic N) is 1. The van der Waals surface area contributed by atoms with Crippen LogP contribution >= 0.6 is 11.6 Å². The molecule has 0 saturated carbocycles. The fourth-order valence-corrected chi connectivity index (χ4v) is 2.85. The Morgan fingerprint density at radius 1 is 1.12 bits per heavy atom. The minimum atomic E-state index is -0.733. The molecule has 138 valence electrons. The molecule has 0 heterocycles. The first-order valence-electron chi connectivity index (χ1n) is 8.47. The molecule has 26 heavy (non-hydrogen) atoms. The second-order valence-corrected chi connectivity index (χ2v) is 6.64. The van der Waals surface area contributed by atoms with Crippen LogP contribution in [-0.4, -0.2) is 24.4 Å². The number of hydrogen-bond acceptors (Lipinski definition) is 2. The van der Waals surface area contributed by atoms with Crippen LogP contribution in [0.15, 0.2) is 48.5 Å². The zero-order valence-electron chi connectivity index (χ0n) is 15.0. The average molecular weight is 377 g/mol. The van der Waals surface area contributed by atoms with Gasteiger partial charge in [-0.1, -0.05) is 37.6 Å². The second kappa shape index (κ2) is 8.81. The smallest absolute Gasteiger partial charge is 0.253 e. The third-order valence-electron chi connectivity index (χ3n) is 4.06. The van der Waals surface area contributed by atoms with Gasteiger partial charge in [-0.05, 0) is 49.2 Å². The number of halogens is 2. The van der Waals surface area contributed by atoms with Crippen molar-refractivity contribution < 1.29 is 14.0 Å². The van der Waals surface area contributed by atoms with Crippen LogP contribution in [0.5, 0.6) is 0 Å². The van der Waals surface area contributed by atoms with Gasteiger partial charge in [0.15, 0.2) is 0 Å². The monoisotopic (exact) mass is 376 g/mol. The number of rotatable bonds is 6. The Labute approximate surface area is 158 Å². The predicted molar refractivity (Wildman–Crippen MR) is 102 cm³/mol. The molecule has 1 atom stereocenters. The molecule has 6 heteroatoms. The third kappa shape index (κ3) is 4.61. The largest absolute Gasteiger partial charge is 0.340 e. The highest BCUT2D eigenvalue weighted by Crippen LogP contribution is 2.19. The van der Waals surface area contributed by atoms with Crippen LogP contribution in [0, 0.1) is 11.7 Å². The van der Waals surface area contributed by atoms with Crippen molar-refractivity contribution in [1.29, 1.82) is 0 Å². The van der Waals surface area contributed by atoms with E-state index in [2.05, 4.69) is 5.32 Å². The molecule has 2 rings (SSSR count). The van der Waals surface area contributed by atoms with E-state index in [4.69, 9.17) is 11.6 Å². The highest BCUT2D eigenvalue weighted by Gasteiger charge is 2.29. The topological polar surface area (TPSA) is 49.4 Å². The van der Waals surface area contributed by atoms with Gasteiger partial charge in [0.2, 0.25) is 5.91 Å². The van der Waals surface area contributed by atoms with Crippen molar-refractivity contribution in [2.24, 2.45) is 5.92 Å². The Balaban J connectivity index is 2.24. The molecule has 0 spiro atoms. The Morgan fingerprint density at radius 3 is 2.27 bits per heavy atom. The van der Waals surface area contributed by atoms with Gasteiger partial charge in [-0.3, -0.25) is 9.59 Å². The summed E-state index contributed by atoms with van der Waals surface area (Å²) in [5.41, 5.74) is 0.897. The molecular weight excluding hydrogens is 355 g/mol. The van der Waals surface area contributed by atoms with E-state index in [0.717, 1.165) is 0 Å². The molecule has 0 saturated heterocycles. The van der Waals surface area contributed by atoms with E-state index in [-0.39, 0.29) is 17.6 Å². The van der Waals surface area contributed by atoms with Gasteiger partial charge in [0.1, 0.15) is 11.9 Å². The number of anilines is 1. The van der Waals surface area contributed by atoms with Crippen LogP contribution in [0.2, 0.25) is 5.02 Å². The SMILES string of the molecule is CCN(C(=O)C(NC(=O)c1ccccc1Cl)C(C)C)c1ccc(F)cc1. The molecule has 0 aromatic heterocycles. The molecule has 1 N–H and O–H groups in total. The van der Waals surface area contributed by atoms with Crippen LogP contribution in [0.1, 0.15) is 31.1 Å². The maximum Gasteiger partial charge on any atom is 0.253 e. The number of carbonyl (C=O) groups excluding carboxylic acids is 2. The first kappa shape index (κ1) is 19.9. The molecule has 0 bridgehead atoms. The maximum atomic E-state index is 13.2. The minimum absolute atomic E-state index is 0.136. The summed E-state index contributed by atoms with van der Waals surface area (Å²) in [4.78, 5) is 27.1. The zero-order chi connectivity index (χ0) is 19.3. The quantitative estimate of drug-likeness (QED) is 0.817. The summed E-state index contributed by atoms with van der Waals surface area (Å²) in [6, 6.07) is 11.6. The average Bonchev–Trinajstić information content (AvgIpc) is 2.61. The van der Waals surface area contributed by atoms with E-state index in [1.807, 2.05) is 20.8 Å². The number of hydrogen-bond donors (Lipinski definition) is 1. The summed E-state index contributed by atoms with van der Waals surface area (Å²) in [5, 5.41) is 3.11. The van der Waals surface area contributed by atoms with Gasteiger partial charge in [0.05, 0.1) is 10.6 Å². The van der Waals surface area contributed by atoms with E-state index >= 15 is 0 Å². The van der Waals surface area contributed by atoms with Crippen molar-refractivity contribution in [1.82, 2.24) is 5.32 Å². The van der Waals surface area contributed by atoms with Crippen molar-refractivity contribution >= 4 is 29.1 Å². The fourth-order valence-electron chi connectivity index (χ4n) is 2.63. The van der Waals surface area contributed by atoms with Crippen molar-refractivity contribution in [2.75, 3.05) is 11.4 Å².